The third-order valence-electron chi connectivity index (χ3n) is 4.96. The van der Waals surface area contributed by atoms with E-state index in [1.165, 1.54) is 11.8 Å². The normalized spacial score (nSPS) is 26.9. The van der Waals surface area contributed by atoms with Crippen LogP contribution in [0.15, 0.2) is 0 Å². The lowest BCUT2D eigenvalue weighted by Crippen LogP contribution is -2.53. The van der Waals surface area contributed by atoms with E-state index in [1.807, 2.05) is 0 Å². The highest BCUT2D eigenvalue weighted by Gasteiger charge is 2.50. The molecule has 2 heterocycles. The number of carbonyl (C=O) groups is 3. The fourth-order valence-corrected chi connectivity index (χ4v) is 3.49. The number of piperidine rings is 1. The van der Waals surface area contributed by atoms with Crippen LogP contribution in [0.5, 0.6) is 0 Å². The van der Waals surface area contributed by atoms with Gasteiger partial charge in [-0.2, -0.15) is 0 Å². The topological polar surface area (TPSA) is 87.2 Å². The first-order valence-corrected chi connectivity index (χ1v) is 8.53. The smallest absolute Gasteiger partial charge is 0.410 e. The van der Waals surface area contributed by atoms with Crippen LogP contribution in [0.1, 0.15) is 47.0 Å². The minimum Gasteiger partial charge on any atom is -0.480 e. The van der Waals surface area contributed by atoms with Gasteiger partial charge in [0, 0.05) is 20.0 Å². The molecule has 7 heteroatoms. The highest BCUT2D eigenvalue weighted by atomic mass is 16.6. The molecule has 0 saturated carbocycles. The Labute approximate surface area is 142 Å². The number of hydrogen-bond donors (Lipinski definition) is 1. The van der Waals surface area contributed by atoms with Crippen molar-refractivity contribution in [2.24, 2.45) is 11.3 Å². The van der Waals surface area contributed by atoms with Crippen molar-refractivity contribution in [3.8, 4) is 0 Å². The Bertz CT molecular complexity index is 514. The van der Waals surface area contributed by atoms with Gasteiger partial charge in [0.15, 0.2) is 0 Å². The number of aliphatic carboxylic acids is 1. The number of carbonyl (C=O) groups excluding carboxylic acids is 2. The zero-order chi connectivity index (χ0) is 18.1. The zero-order valence-electron chi connectivity index (χ0n) is 14.9. The van der Waals surface area contributed by atoms with Crippen LogP contribution in [-0.2, 0) is 14.3 Å². The maximum Gasteiger partial charge on any atom is 0.410 e. The number of fused-ring (bicyclic) bond motifs is 1. The van der Waals surface area contributed by atoms with Crippen LogP contribution in [-0.4, -0.2) is 64.7 Å². The Morgan fingerprint density at radius 2 is 1.92 bits per heavy atom. The van der Waals surface area contributed by atoms with E-state index >= 15 is 0 Å². The van der Waals surface area contributed by atoms with Crippen molar-refractivity contribution in [3.63, 3.8) is 0 Å². The minimum atomic E-state index is -1.01. The Balaban J connectivity index is 2.08. The van der Waals surface area contributed by atoms with E-state index in [9.17, 15) is 19.5 Å². The van der Waals surface area contributed by atoms with Crippen LogP contribution in [0.3, 0.4) is 0 Å². The molecule has 3 atom stereocenters. The van der Waals surface area contributed by atoms with Gasteiger partial charge < -0.3 is 14.7 Å². The van der Waals surface area contributed by atoms with Crippen LogP contribution < -0.4 is 0 Å². The molecular formula is C17H28N2O5. The van der Waals surface area contributed by atoms with Gasteiger partial charge in [0.2, 0.25) is 5.91 Å². The maximum absolute atomic E-state index is 12.5. The zero-order valence-corrected chi connectivity index (χ0v) is 14.9. The molecule has 0 radical (unpaired) electrons. The van der Waals surface area contributed by atoms with Crippen molar-refractivity contribution in [1.29, 1.82) is 0 Å². The van der Waals surface area contributed by atoms with E-state index in [-0.39, 0.29) is 29.9 Å². The summed E-state index contributed by atoms with van der Waals surface area (Å²) in [5.41, 5.74) is 0.0380. The van der Waals surface area contributed by atoms with E-state index in [4.69, 9.17) is 4.74 Å². The Hall–Kier alpha value is -1.79. The summed E-state index contributed by atoms with van der Waals surface area (Å²) in [6.45, 7) is 8.93. The van der Waals surface area contributed by atoms with Gasteiger partial charge >= 0.3 is 12.1 Å². The van der Waals surface area contributed by atoms with Crippen molar-refractivity contribution in [2.45, 2.75) is 59.0 Å². The quantitative estimate of drug-likeness (QED) is 0.848. The summed E-state index contributed by atoms with van der Waals surface area (Å²) in [5, 5.41) is 9.48. The van der Waals surface area contributed by atoms with Crippen LogP contribution in [0.4, 0.5) is 4.79 Å². The average molecular weight is 340 g/mol. The third-order valence-corrected chi connectivity index (χ3v) is 4.96. The number of ether oxygens (including phenoxy) is 1. The molecule has 0 bridgehead atoms. The molecule has 0 aliphatic carbocycles. The molecule has 24 heavy (non-hydrogen) atoms. The highest BCUT2D eigenvalue weighted by Crippen LogP contribution is 2.36. The molecule has 1 N–H and O–H groups in total. The number of carboxylic acids is 1. The van der Waals surface area contributed by atoms with Gasteiger partial charge in [0.25, 0.3) is 0 Å². The molecule has 2 aliphatic rings. The minimum absolute atomic E-state index is 0.0380. The van der Waals surface area contributed by atoms with Crippen molar-refractivity contribution in [3.05, 3.63) is 0 Å². The predicted octanol–water partition coefficient (Wildman–Crippen LogP) is 1.96. The molecule has 0 unspecified atom stereocenters. The molecular weight excluding hydrogens is 312 g/mol. The number of likely N-dealkylation sites (tertiary alicyclic amines) is 2. The number of carboxylic acid groups (broad SMARTS) is 1. The Kier molecular flexibility index (Phi) is 5.40. The van der Waals surface area contributed by atoms with Gasteiger partial charge in [-0.3, -0.25) is 9.69 Å². The van der Waals surface area contributed by atoms with Gasteiger partial charge in [0.1, 0.15) is 6.04 Å². The first-order valence-electron chi connectivity index (χ1n) is 8.53. The fourth-order valence-electron chi connectivity index (χ4n) is 3.49. The number of amides is 2. The molecule has 136 valence electrons. The van der Waals surface area contributed by atoms with Crippen molar-refractivity contribution >= 4 is 18.0 Å². The summed E-state index contributed by atoms with van der Waals surface area (Å²) in [6.07, 6.45) is 1.28. The fraction of sp³-hybridized carbons (Fsp3) is 0.824. The second kappa shape index (κ2) is 6.99. The molecule has 2 fully saturated rings. The Morgan fingerprint density at radius 1 is 1.25 bits per heavy atom. The second-order valence-electron chi connectivity index (χ2n) is 8.00. The lowest BCUT2D eigenvalue weighted by molar-refractivity contribution is -0.142. The van der Waals surface area contributed by atoms with Crippen LogP contribution in [0, 0.1) is 11.3 Å². The van der Waals surface area contributed by atoms with Crippen molar-refractivity contribution < 1.29 is 24.2 Å². The molecule has 7 nitrogen and oxygen atoms in total. The molecule has 2 aliphatic heterocycles. The van der Waals surface area contributed by atoms with Crippen LogP contribution >= 0.6 is 0 Å². The van der Waals surface area contributed by atoms with Gasteiger partial charge in [-0.05, 0) is 30.6 Å². The summed E-state index contributed by atoms with van der Waals surface area (Å²) in [7, 11) is 0. The summed E-state index contributed by atoms with van der Waals surface area (Å²) in [4.78, 5) is 38.8. The van der Waals surface area contributed by atoms with Gasteiger partial charge in [-0.25, -0.2) is 9.59 Å². The first kappa shape index (κ1) is 18.5. The van der Waals surface area contributed by atoms with Crippen molar-refractivity contribution in [1.82, 2.24) is 9.80 Å². The highest BCUT2D eigenvalue weighted by molar-refractivity contribution is 5.81. The number of rotatable bonds is 3. The van der Waals surface area contributed by atoms with Gasteiger partial charge in [-0.1, -0.05) is 20.8 Å². The van der Waals surface area contributed by atoms with E-state index in [1.54, 1.807) is 4.90 Å². The molecule has 0 spiro atoms. The molecule has 2 amide bonds. The van der Waals surface area contributed by atoms with E-state index in [0.29, 0.717) is 25.9 Å². The largest absolute Gasteiger partial charge is 0.480 e. The van der Waals surface area contributed by atoms with E-state index < -0.39 is 18.1 Å². The summed E-state index contributed by atoms with van der Waals surface area (Å²) in [5.74, 6) is -0.948. The van der Waals surface area contributed by atoms with Crippen LogP contribution in [0.2, 0.25) is 0 Å². The molecule has 0 aromatic rings. The summed E-state index contributed by atoms with van der Waals surface area (Å²) < 4.78 is 5.35. The number of hydrogen-bond acceptors (Lipinski definition) is 4. The van der Waals surface area contributed by atoms with Gasteiger partial charge in [0.05, 0.1) is 12.6 Å². The van der Waals surface area contributed by atoms with E-state index in [0.717, 1.165) is 6.42 Å². The molecule has 0 aromatic carbocycles. The van der Waals surface area contributed by atoms with Crippen LogP contribution in [0.25, 0.3) is 0 Å². The van der Waals surface area contributed by atoms with Gasteiger partial charge in [-0.15, -0.1) is 0 Å². The monoisotopic (exact) mass is 340 g/mol. The third kappa shape index (κ3) is 4.19. The SMILES string of the molecule is CC(=O)N1CC[C@@H]2C[C@@H](C(=O)O)N(C(=O)OCCC(C)(C)C)[C@@H]2C1. The number of nitrogens with zero attached hydrogens (tertiary/aromatic N) is 2. The maximum atomic E-state index is 12.5. The first-order chi connectivity index (χ1) is 11.1. The average Bonchev–Trinajstić information content (AvgIpc) is 2.84. The second-order valence-corrected chi connectivity index (χ2v) is 8.00. The lowest BCUT2D eigenvalue weighted by atomic mass is 9.91. The standard InChI is InChI=1S/C17H28N2O5/c1-11(20)18-7-5-12-9-13(15(21)22)19(14(12)10-18)16(23)24-8-6-17(2,3)4/h12-14H,5-10H2,1-4H3,(H,21,22)/t12-,13+,14-/m1/s1. The molecule has 2 rings (SSSR count). The van der Waals surface area contributed by atoms with E-state index in [2.05, 4.69) is 20.8 Å². The predicted molar refractivity (Wildman–Crippen MR) is 87.4 cm³/mol. The Morgan fingerprint density at radius 3 is 2.46 bits per heavy atom. The lowest BCUT2D eigenvalue weighted by Gasteiger charge is -2.38. The summed E-state index contributed by atoms with van der Waals surface area (Å²) in [6, 6.07) is -1.14. The van der Waals surface area contributed by atoms with Crippen molar-refractivity contribution in [2.75, 3.05) is 19.7 Å². The molecule has 0 aromatic heterocycles. The molecule has 2 saturated heterocycles. The summed E-state index contributed by atoms with van der Waals surface area (Å²) >= 11 is 0.